The summed E-state index contributed by atoms with van der Waals surface area (Å²) in [5, 5.41) is 9.14. The summed E-state index contributed by atoms with van der Waals surface area (Å²) >= 11 is 0. The van der Waals surface area contributed by atoms with Gasteiger partial charge in [0.2, 0.25) is 0 Å². The molecule has 1 aromatic carbocycles. The number of aryl methyl sites for hydroxylation is 1. The number of hydrogen-bond acceptors (Lipinski definition) is 2. The molecule has 0 aromatic heterocycles. The van der Waals surface area contributed by atoms with Gasteiger partial charge in [0.15, 0.2) is 0 Å². The van der Waals surface area contributed by atoms with Crippen molar-refractivity contribution in [2.75, 3.05) is 19.7 Å². The van der Waals surface area contributed by atoms with Crippen LogP contribution in [0.3, 0.4) is 0 Å². The minimum atomic E-state index is -0.850. The molecule has 0 spiro atoms. The van der Waals surface area contributed by atoms with Gasteiger partial charge in [-0.2, -0.15) is 0 Å². The van der Waals surface area contributed by atoms with E-state index in [1.165, 1.54) is 5.56 Å². The molecule has 0 amide bonds. The van der Waals surface area contributed by atoms with Gasteiger partial charge in [-0.25, -0.2) is 4.39 Å². The molecule has 1 aliphatic rings. The third-order valence-electron chi connectivity index (χ3n) is 3.52. The third kappa shape index (κ3) is 3.27. The zero-order valence-corrected chi connectivity index (χ0v) is 10.1. The molecule has 0 radical (unpaired) electrons. The highest BCUT2D eigenvalue weighted by Crippen LogP contribution is 2.21. The lowest BCUT2D eigenvalue weighted by Gasteiger charge is -2.23. The van der Waals surface area contributed by atoms with Crippen molar-refractivity contribution >= 4 is 0 Å². The van der Waals surface area contributed by atoms with Crippen LogP contribution in [0.4, 0.5) is 4.39 Å². The van der Waals surface area contributed by atoms with Gasteiger partial charge < -0.3 is 5.11 Å². The van der Waals surface area contributed by atoms with E-state index in [1.54, 1.807) is 0 Å². The predicted octanol–water partition coefficient (Wildman–Crippen LogP) is 2.02. The zero-order chi connectivity index (χ0) is 12.1. The molecule has 1 aromatic rings. The van der Waals surface area contributed by atoms with Crippen LogP contribution in [0.5, 0.6) is 0 Å². The first-order valence-corrected chi connectivity index (χ1v) is 6.34. The van der Waals surface area contributed by atoms with Crippen LogP contribution in [0.25, 0.3) is 0 Å². The number of likely N-dealkylation sites (tertiary alicyclic amines) is 1. The highest BCUT2D eigenvalue weighted by molar-refractivity contribution is 5.14. The van der Waals surface area contributed by atoms with E-state index in [0.29, 0.717) is 6.42 Å². The monoisotopic (exact) mass is 237 g/mol. The fourth-order valence-electron chi connectivity index (χ4n) is 2.51. The van der Waals surface area contributed by atoms with E-state index >= 15 is 0 Å². The van der Waals surface area contributed by atoms with Gasteiger partial charge in [-0.05, 0) is 31.4 Å². The van der Waals surface area contributed by atoms with E-state index in [1.807, 2.05) is 18.2 Å². The molecular weight excluding hydrogens is 217 g/mol. The first kappa shape index (κ1) is 12.5. The van der Waals surface area contributed by atoms with Crippen LogP contribution in [-0.4, -0.2) is 41.9 Å². The number of aliphatic hydroxyl groups is 1. The number of aliphatic hydroxyl groups excluding tert-OH is 1. The number of benzene rings is 1. The molecule has 1 N–H and O–H groups in total. The van der Waals surface area contributed by atoms with E-state index in [9.17, 15) is 4.39 Å². The highest BCUT2D eigenvalue weighted by Gasteiger charge is 2.32. The minimum absolute atomic E-state index is 0.0630. The molecule has 1 aliphatic heterocycles. The SMILES string of the molecule is OC[C@H]1[C@@H](F)CCN1CCCc1ccccc1. The Balaban J connectivity index is 1.75. The Morgan fingerprint density at radius 3 is 2.76 bits per heavy atom. The molecule has 2 atom stereocenters. The lowest BCUT2D eigenvalue weighted by Crippen LogP contribution is -2.37. The molecule has 1 fully saturated rings. The van der Waals surface area contributed by atoms with Gasteiger partial charge in [0.25, 0.3) is 0 Å². The average molecular weight is 237 g/mol. The van der Waals surface area contributed by atoms with Crippen molar-refractivity contribution in [1.82, 2.24) is 4.90 Å². The largest absolute Gasteiger partial charge is 0.395 e. The fraction of sp³-hybridized carbons (Fsp3) is 0.571. The van der Waals surface area contributed by atoms with Crippen LogP contribution in [0.1, 0.15) is 18.4 Å². The van der Waals surface area contributed by atoms with Gasteiger partial charge in [0, 0.05) is 6.54 Å². The third-order valence-corrected chi connectivity index (χ3v) is 3.52. The van der Waals surface area contributed by atoms with E-state index in [0.717, 1.165) is 25.9 Å². The standard InChI is InChI=1S/C14H20FNO/c15-13-8-10-16(14(13)11-17)9-4-7-12-5-2-1-3-6-12/h1-3,5-6,13-14,17H,4,7-11H2/t13-,14-/m0/s1. The molecule has 2 nitrogen and oxygen atoms in total. The van der Waals surface area contributed by atoms with Crippen LogP contribution in [0.15, 0.2) is 30.3 Å². The second-order valence-electron chi connectivity index (χ2n) is 4.68. The van der Waals surface area contributed by atoms with Crippen molar-refractivity contribution in [2.45, 2.75) is 31.5 Å². The molecular formula is C14H20FNO. The number of rotatable bonds is 5. The van der Waals surface area contributed by atoms with Gasteiger partial charge in [0.1, 0.15) is 6.17 Å². The van der Waals surface area contributed by atoms with Crippen molar-refractivity contribution in [3.05, 3.63) is 35.9 Å². The Morgan fingerprint density at radius 1 is 1.29 bits per heavy atom. The summed E-state index contributed by atoms with van der Waals surface area (Å²) in [7, 11) is 0. The molecule has 0 bridgehead atoms. The maximum absolute atomic E-state index is 13.4. The molecule has 3 heteroatoms. The van der Waals surface area contributed by atoms with Gasteiger partial charge >= 0.3 is 0 Å². The molecule has 2 rings (SSSR count). The van der Waals surface area contributed by atoms with E-state index in [2.05, 4.69) is 17.0 Å². The maximum Gasteiger partial charge on any atom is 0.119 e. The number of halogens is 1. The molecule has 1 saturated heterocycles. The molecule has 1 heterocycles. The van der Waals surface area contributed by atoms with Crippen LogP contribution < -0.4 is 0 Å². The maximum atomic E-state index is 13.4. The molecule has 94 valence electrons. The second kappa shape index (κ2) is 6.12. The van der Waals surface area contributed by atoms with E-state index < -0.39 is 6.17 Å². The first-order valence-electron chi connectivity index (χ1n) is 6.34. The van der Waals surface area contributed by atoms with Crippen LogP contribution in [-0.2, 0) is 6.42 Å². The lowest BCUT2D eigenvalue weighted by molar-refractivity contribution is 0.117. The minimum Gasteiger partial charge on any atom is -0.395 e. The zero-order valence-electron chi connectivity index (χ0n) is 10.1. The Kier molecular flexibility index (Phi) is 4.51. The van der Waals surface area contributed by atoms with Crippen molar-refractivity contribution in [3.63, 3.8) is 0 Å². The Morgan fingerprint density at radius 2 is 2.06 bits per heavy atom. The molecule has 0 aliphatic carbocycles. The summed E-state index contributed by atoms with van der Waals surface area (Å²) in [6.07, 6.45) is 1.76. The number of alkyl halides is 1. The van der Waals surface area contributed by atoms with Gasteiger partial charge in [0.05, 0.1) is 12.6 Å². The molecule has 0 unspecified atom stereocenters. The predicted molar refractivity (Wildman–Crippen MR) is 66.7 cm³/mol. The quantitative estimate of drug-likeness (QED) is 0.847. The summed E-state index contributed by atoms with van der Waals surface area (Å²) in [6.45, 7) is 1.59. The van der Waals surface area contributed by atoms with E-state index in [-0.39, 0.29) is 12.6 Å². The Hall–Kier alpha value is -0.930. The molecule has 0 saturated carbocycles. The van der Waals surface area contributed by atoms with Crippen LogP contribution in [0.2, 0.25) is 0 Å². The van der Waals surface area contributed by atoms with Gasteiger partial charge in [-0.1, -0.05) is 30.3 Å². The number of nitrogens with zero attached hydrogens (tertiary/aromatic N) is 1. The van der Waals surface area contributed by atoms with Crippen molar-refractivity contribution in [3.8, 4) is 0 Å². The second-order valence-corrected chi connectivity index (χ2v) is 4.68. The first-order chi connectivity index (χ1) is 8.31. The summed E-state index contributed by atoms with van der Waals surface area (Å²) in [4.78, 5) is 2.08. The normalized spacial score (nSPS) is 25.3. The smallest absolute Gasteiger partial charge is 0.119 e. The van der Waals surface area contributed by atoms with Crippen LogP contribution in [0, 0.1) is 0 Å². The van der Waals surface area contributed by atoms with Gasteiger partial charge in [-0.15, -0.1) is 0 Å². The molecule has 17 heavy (non-hydrogen) atoms. The number of hydrogen-bond donors (Lipinski definition) is 1. The van der Waals surface area contributed by atoms with Crippen molar-refractivity contribution in [2.24, 2.45) is 0 Å². The van der Waals surface area contributed by atoms with Crippen molar-refractivity contribution in [1.29, 1.82) is 0 Å². The van der Waals surface area contributed by atoms with Gasteiger partial charge in [-0.3, -0.25) is 4.90 Å². The lowest BCUT2D eigenvalue weighted by atomic mass is 10.1. The Labute approximate surface area is 102 Å². The summed E-state index contributed by atoms with van der Waals surface area (Å²) in [5.41, 5.74) is 1.32. The van der Waals surface area contributed by atoms with Crippen molar-refractivity contribution < 1.29 is 9.50 Å². The van der Waals surface area contributed by atoms with Crippen LogP contribution >= 0.6 is 0 Å². The summed E-state index contributed by atoms with van der Waals surface area (Å²) in [5.74, 6) is 0. The Bertz CT molecular complexity index is 330. The summed E-state index contributed by atoms with van der Waals surface area (Å²) < 4.78 is 13.4. The summed E-state index contributed by atoms with van der Waals surface area (Å²) in [6, 6.07) is 10.1. The average Bonchev–Trinajstić information content (AvgIpc) is 2.71. The fourth-order valence-corrected chi connectivity index (χ4v) is 2.51. The van der Waals surface area contributed by atoms with E-state index in [4.69, 9.17) is 5.11 Å². The highest BCUT2D eigenvalue weighted by atomic mass is 19.1. The topological polar surface area (TPSA) is 23.5 Å².